The Bertz CT molecular complexity index is 433. The van der Waals surface area contributed by atoms with Crippen LogP contribution in [0.5, 0.6) is 0 Å². The number of ether oxygens (including phenoxy) is 1. The van der Waals surface area contributed by atoms with Crippen LogP contribution in [0.25, 0.3) is 0 Å². The van der Waals surface area contributed by atoms with Crippen LogP contribution in [0.2, 0.25) is 0 Å². The SMILES string of the molecule is O=[N+]([O-])c1cc(F)cc(NCC2CCCCO2)c1. The second-order valence-electron chi connectivity index (χ2n) is 4.32. The number of anilines is 1. The summed E-state index contributed by atoms with van der Waals surface area (Å²) in [6.45, 7) is 1.29. The van der Waals surface area contributed by atoms with Gasteiger partial charge in [-0.1, -0.05) is 0 Å². The van der Waals surface area contributed by atoms with E-state index in [9.17, 15) is 14.5 Å². The van der Waals surface area contributed by atoms with Gasteiger partial charge in [-0.3, -0.25) is 10.1 Å². The fourth-order valence-electron chi connectivity index (χ4n) is 1.98. The Morgan fingerprint density at radius 3 is 2.94 bits per heavy atom. The molecule has 0 spiro atoms. The molecule has 6 heteroatoms. The second-order valence-corrected chi connectivity index (χ2v) is 4.32. The Labute approximate surface area is 104 Å². The summed E-state index contributed by atoms with van der Waals surface area (Å²) in [5, 5.41) is 13.6. The van der Waals surface area contributed by atoms with Crippen molar-refractivity contribution in [2.45, 2.75) is 25.4 Å². The minimum Gasteiger partial charge on any atom is -0.382 e. The molecule has 1 fully saturated rings. The van der Waals surface area contributed by atoms with Crippen molar-refractivity contribution in [1.29, 1.82) is 0 Å². The topological polar surface area (TPSA) is 64.4 Å². The molecule has 18 heavy (non-hydrogen) atoms. The van der Waals surface area contributed by atoms with Crippen molar-refractivity contribution in [3.8, 4) is 0 Å². The van der Waals surface area contributed by atoms with Crippen LogP contribution in [0.3, 0.4) is 0 Å². The molecule has 2 rings (SSSR count). The van der Waals surface area contributed by atoms with Gasteiger partial charge >= 0.3 is 0 Å². The molecule has 0 radical (unpaired) electrons. The number of nitrogens with zero attached hydrogens (tertiary/aromatic N) is 1. The summed E-state index contributed by atoms with van der Waals surface area (Å²) in [7, 11) is 0. The van der Waals surface area contributed by atoms with Crippen molar-refractivity contribution in [2.75, 3.05) is 18.5 Å². The summed E-state index contributed by atoms with van der Waals surface area (Å²) in [6.07, 6.45) is 3.25. The third kappa shape index (κ3) is 3.40. The van der Waals surface area contributed by atoms with E-state index in [0.717, 1.165) is 31.9 Å². The number of nitro benzene ring substituents is 1. The quantitative estimate of drug-likeness (QED) is 0.662. The maximum Gasteiger partial charge on any atom is 0.274 e. The molecule has 0 aliphatic carbocycles. The molecule has 1 aromatic rings. The molecule has 98 valence electrons. The van der Waals surface area contributed by atoms with Crippen molar-refractivity contribution in [3.05, 3.63) is 34.1 Å². The summed E-state index contributed by atoms with van der Waals surface area (Å²) < 4.78 is 18.7. The maximum atomic E-state index is 13.2. The first-order valence-electron chi connectivity index (χ1n) is 5.95. The van der Waals surface area contributed by atoms with Gasteiger partial charge in [-0.25, -0.2) is 4.39 Å². The van der Waals surface area contributed by atoms with Gasteiger partial charge in [-0.05, 0) is 25.3 Å². The number of nitrogens with one attached hydrogen (secondary N) is 1. The Hall–Kier alpha value is -1.69. The maximum absolute atomic E-state index is 13.2. The zero-order chi connectivity index (χ0) is 13.0. The molecule has 1 atom stereocenters. The van der Waals surface area contributed by atoms with E-state index in [1.54, 1.807) is 0 Å². The van der Waals surface area contributed by atoms with Crippen molar-refractivity contribution in [3.63, 3.8) is 0 Å². The van der Waals surface area contributed by atoms with Gasteiger partial charge in [0.15, 0.2) is 0 Å². The van der Waals surface area contributed by atoms with E-state index in [1.165, 1.54) is 12.1 Å². The first-order valence-corrected chi connectivity index (χ1v) is 5.95. The predicted octanol–water partition coefficient (Wildman–Crippen LogP) is 2.71. The van der Waals surface area contributed by atoms with Gasteiger partial charge < -0.3 is 10.1 Å². The molecule has 1 aliphatic heterocycles. The van der Waals surface area contributed by atoms with E-state index in [2.05, 4.69) is 5.32 Å². The standard InChI is InChI=1S/C12H15FN2O3/c13-9-5-10(7-11(6-9)15(16)17)14-8-12-3-1-2-4-18-12/h5-7,12,14H,1-4,8H2. The number of hydrogen-bond donors (Lipinski definition) is 1. The summed E-state index contributed by atoms with van der Waals surface area (Å²) in [6, 6.07) is 3.48. The van der Waals surface area contributed by atoms with Crippen LogP contribution in [-0.2, 0) is 4.74 Å². The summed E-state index contributed by atoms with van der Waals surface area (Å²) in [4.78, 5) is 9.99. The fourth-order valence-corrected chi connectivity index (χ4v) is 1.98. The van der Waals surface area contributed by atoms with Crippen LogP contribution in [0.4, 0.5) is 15.8 Å². The van der Waals surface area contributed by atoms with Crippen molar-refractivity contribution in [1.82, 2.24) is 0 Å². The highest BCUT2D eigenvalue weighted by Gasteiger charge is 2.14. The van der Waals surface area contributed by atoms with Gasteiger partial charge in [0.05, 0.1) is 17.1 Å². The van der Waals surface area contributed by atoms with E-state index >= 15 is 0 Å². The average molecular weight is 254 g/mol. The van der Waals surface area contributed by atoms with Gasteiger partial charge in [0.1, 0.15) is 5.82 Å². The van der Waals surface area contributed by atoms with Crippen LogP contribution in [0.15, 0.2) is 18.2 Å². The Morgan fingerprint density at radius 2 is 2.28 bits per heavy atom. The Morgan fingerprint density at radius 1 is 1.44 bits per heavy atom. The number of nitro groups is 1. The lowest BCUT2D eigenvalue weighted by atomic mass is 10.1. The third-order valence-corrected chi connectivity index (χ3v) is 2.90. The monoisotopic (exact) mass is 254 g/mol. The van der Waals surface area contributed by atoms with Gasteiger partial charge in [0.2, 0.25) is 0 Å². The molecule has 0 amide bonds. The summed E-state index contributed by atoms with van der Waals surface area (Å²) in [5.74, 6) is -0.615. The van der Waals surface area contributed by atoms with E-state index in [4.69, 9.17) is 4.74 Å². The molecule has 1 aliphatic rings. The van der Waals surface area contributed by atoms with E-state index in [0.29, 0.717) is 12.2 Å². The molecule has 1 saturated heterocycles. The minimum atomic E-state index is -0.615. The molecule has 5 nitrogen and oxygen atoms in total. The highest BCUT2D eigenvalue weighted by Crippen LogP contribution is 2.21. The lowest BCUT2D eigenvalue weighted by Gasteiger charge is -2.23. The Kier molecular flexibility index (Phi) is 4.09. The Balaban J connectivity index is 1.97. The highest BCUT2D eigenvalue weighted by atomic mass is 19.1. The van der Waals surface area contributed by atoms with Crippen LogP contribution in [-0.4, -0.2) is 24.2 Å². The van der Waals surface area contributed by atoms with Crippen molar-refractivity contribution >= 4 is 11.4 Å². The largest absolute Gasteiger partial charge is 0.382 e. The smallest absolute Gasteiger partial charge is 0.274 e. The summed E-state index contributed by atoms with van der Waals surface area (Å²) >= 11 is 0. The zero-order valence-electron chi connectivity index (χ0n) is 9.89. The number of hydrogen-bond acceptors (Lipinski definition) is 4. The van der Waals surface area contributed by atoms with Crippen LogP contribution in [0, 0.1) is 15.9 Å². The molecule has 0 bridgehead atoms. The van der Waals surface area contributed by atoms with Crippen LogP contribution in [0.1, 0.15) is 19.3 Å². The van der Waals surface area contributed by atoms with Crippen LogP contribution >= 0.6 is 0 Å². The molecule has 0 saturated carbocycles. The van der Waals surface area contributed by atoms with E-state index < -0.39 is 10.7 Å². The lowest BCUT2D eigenvalue weighted by Crippen LogP contribution is -2.27. The van der Waals surface area contributed by atoms with Crippen molar-refractivity contribution in [2.24, 2.45) is 0 Å². The van der Waals surface area contributed by atoms with Crippen molar-refractivity contribution < 1.29 is 14.1 Å². The minimum absolute atomic E-state index is 0.0982. The number of rotatable bonds is 4. The normalized spacial score (nSPS) is 19.5. The number of halogens is 1. The molecule has 0 aromatic heterocycles. The lowest BCUT2D eigenvalue weighted by molar-refractivity contribution is -0.385. The molecule has 1 heterocycles. The highest BCUT2D eigenvalue weighted by molar-refractivity contribution is 5.51. The molecular weight excluding hydrogens is 239 g/mol. The fraction of sp³-hybridized carbons (Fsp3) is 0.500. The summed E-state index contributed by atoms with van der Waals surface area (Å²) in [5.41, 5.74) is 0.165. The predicted molar refractivity (Wildman–Crippen MR) is 65.1 cm³/mol. The van der Waals surface area contributed by atoms with E-state index in [-0.39, 0.29) is 11.8 Å². The third-order valence-electron chi connectivity index (χ3n) is 2.90. The number of benzene rings is 1. The average Bonchev–Trinajstić information content (AvgIpc) is 2.37. The van der Waals surface area contributed by atoms with Gasteiger partial charge in [-0.2, -0.15) is 0 Å². The van der Waals surface area contributed by atoms with E-state index in [1.807, 2.05) is 0 Å². The second kappa shape index (κ2) is 5.77. The zero-order valence-corrected chi connectivity index (χ0v) is 9.89. The van der Waals surface area contributed by atoms with Crippen LogP contribution < -0.4 is 5.32 Å². The molecule has 1 unspecified atom stereocenters. The van der Waals surface area contributed by atoms with Gasteiger partial charge in [0.25, 0.3) is 5.69 Å². The van der Waals surface area contributed by atoms with Gasteiger partial charge in [0, 0.05) is 24.9 Å². The number of non-ortho nitro benzene ring substituents is 1. The molecule has 1 aromatic carbocycles. The molecule has 1 N–H and O–H groups in total. The molecular formula is C12H15FN2O3. The van der Waals surface area contributed by atoms with Gasteiger partial charge in [-0.15, -0.1) is 0 Å². The first kappa shape index (κ1) is 12.8. The first-order chi connectivity index (χ1) is 8.65.